The fourth-order valence-corrected chi connectivity index (χ4v) is 2.07. The van der Waals surface area contributed by atoms with Gasteiger partial charge >= 0.3 is 0 Å². The van der Waals surface area contributed by atoms with Crippen molar-refractivity contribution in [3.8, 4) is 0 Å². The van der Waals surface area contributed by atoms with Crippen LogP contribution in [0.3, 0.4) is 0 Å². The molecule has 0 saturated carbocycles. The van der Waals surface area contributed by atoms with Crippen molar-refractivity contribution < 1.29 is 0 Å². The second-order valence-corrected chi connectivity index (χ2v) is 4.47. The maximum absolute atomic E-state index is 5.83. The van der Waals surface area contributed by atoms with E-state index in [0.717, 1.165) is 9.21 Å². The number of guanidine groups is 1. The van der Waals surface area contributed by atoms with Crippen molar-refractivity contribution in [2.45, 2.75) is 13.0 Å². The number of rotatable bonds is 2. The lowest BCUT2D eigenvalue weighted by molar-refractivity contribution is 0.704. The van der Waals surface area contributed by atoms with Crippen LogP contribution in [0.5, 0.6) is 0 Å². The highest BCUT2D eigenvalue weighted by Gasteiger charge is 2.08. The van der Waals surface area contributed by atoms with Gasteiger partial charge in [-0.3, -0.25) is 10.4 Å². The molecule has 0 saturated heterocycles. The molecular weight excluding hydrogens is 220 g/mol. The molecule has 4 N–H and O–H groups in total. The van der Waals surface area contributed by atoms with E-state index >= 15 is 0 Å². The topological polar surface area (TPSA) is 62.4 Å². The minimum absolute atomic E-state index is 0.141. The summed E-state index contributed by atoms with van der Waals surface area (Å²) in [7, 11) is 1.66. The third kappa shape index (κ3) is 2.87. The second kappa shape index (κ2) is 5.19. The lowest BCUT2D eigenvalue weighted by Gasteiger charge is -2.14. The maximum Gasteiger partial charge on any atom is 0.205 e. The highest BCUT2D eigenvalue weighted by atomic mass is 35.5. The van der Waals surface area contributed by atoms with Crippen LogP contribution in [-0.2, 0) is 0 Å². The van der Waals surface area contributed by atoms with Crippen molar-refractivity contribution in [3.05, 3.63) is 21.3 Å². The highest BCUT2D eigenvalue weighted by Crippen LogP contribution is 2.26. The molecule has 1 rings (SSSR count). The van der Waals surface area contributed by atoms with Gasteiger partial charge in [-0.2, -0.15) is 0 Å². The van der Waals surface area contributed by atoms with E-state index in [2.05, 4.69) is 15.7 Å². The van der Waals surface area contributed by atoms with Gasteiger partial charge in [0.1, 0.15) is 0 Å². The molecule has 0 amide bonds. The van der Waals surface area contributed by atoms with E-state index in [9.17, 15) is 0 Å². The Balaban J connectivity index is 2.62. The first-order chi connectivity index (χ1) is 6.67. The standard InChI is InChI=1S/C8H13ClN4S/c1-5(12-8(11-2)13-10)6-3-4-7(9)14-6/h3-5H,10H2,1-2H3,(H2,11,12,13). The number of nitrogens with one attached hydrogen (secondary N) is 2. The highest BCUT2D eigenvalue weighted by molar-refractivity contribution is 7.16. The zero-order valence-corrected chi connectivity index (χ0v) is 9.62. The Labute approximate surface area is 92.1 Å². The first-order valence-corrected chi connectivity index (χ1v) is 5.32. The summed E-state index contributed by atoms with van der Waals surface area (Å²) in [4.78, 5) is 5.06. The van der Waals surface area contributed by atoms with E-state index in [1.165, 1.54) is 11.3 Å². The van der Waals surface area contributed by atoms with Gasteiger partial charge in [0.15, 0.2) is 0 Å². The lowest BCUT2D eigenvalue weighted by Crippen LogP contribution is -2.42. The molecule has 0 aromatic carbocycles. The number of aliphatic imine (C=N–C) groups is 1. The van der Waals surface area contributed by atoms with Crippen LogP contribution in [0.2, 0.25) is 4.34 Å². The Morgan fingerprint density at radius 2 is 2.36 bits per heavy atom. The van der Waals surface area contributed by atoms with Crippen LogP contribution in [0.25, 0.3) is 0 Å². The predicted octanol–water partition coefficient (Wildman–Crippen LogP) is 1.50. The van der Waals surface area contributed by atoms with Crippen molar-refractivity contribution in [2.75, 3.05) is 7.05 Å². The molecule has 0 aliphatic rings. The number of hydrogen-bond acceptors (Lipinski definition) is 3. The van der Waals surface area contributed by atoms with Gasteiger partial charge in [-0.05, 0) is 19.1 Å². The van der Waals surface area contributed by atoms with E-state index in [0.29, 0.717) is 5.96 Å². The summed E-state index contributed by atoms with van der Waals surface area (Å²) < 4.78 is 0.782. The van der Waals surface area contributed by atoms with Crippen LogP contribution in [0.4, 0.5) is 0 Å². The Morgan fingerprint density at radius 3 is 2.79 bits per heavy atom. The molecule has 4 nitrogen and oxygen atoms in total. The van der Waals surface area contributed by atoms with E-state index in [1.807, 2.05) is 19.1 Å². The van der Waals surface area contributed by atoms with E-state index in [1.54, 1.807) is 7.05 Å². The van der Waals surface area contributed by atoms with Crippen molar-refractivity contribution in [3.63, 3.8) is 0 Å². The van der Waals surface area contributed by atoms with Crippen LogP contribution in [0.1, 0.15) is 17.8 Å². The number of nitrogens with two attached hydrogens (primary N) is 1. The molecular formula is C8H13ClN4S. The first-order valence-electron chi connectivity index (χ1n) is 4.12. The summed E-state index contributed by atoms with van der Waals surface area (Å²) in [6, 6.07) is 3.99. The zero-order valence-electron chi connectivity index (χ0n) is 8.04. The molecule has 1 aromatic rings. The SMILES string of the molecule is CN=C(NN)NC(C)c1ccc(Cl)s1. The van der Waals surface area contributed by atoms with Gasteiger partial charge in [0.2, 0.25) is 5.96 Å². The molecule has 0 aliphatic heterocycles. The molecule has 0 radical (unpaired) electrons. The molecule has 14 heavy (non-hydrogen) atoms. The van der Waals surface area contributed by atoms with Crippen LogP contribution >= 0.6 is 22.9 Å². The van der Waals surface area contributed by atoms with Crippen molar-refractivity contribution >= 4 is 28.9 Å². The summed E-state index contributed by atoms with van der Waals surface area (Å²) >= 11 is 7.37. The van der Waals surface area contributed by atoms with Gasteiger partial charge in [-0.15, -0.1) is 11.3 Å². The average Bonchev–Trinajstić information content (AvgIpc) is 2.61. The molecule has 1 heterocycles. The van der Waals surface area contributed by atoms with Gasteiger partial charge in [-0.1, -0.05) is 11.6 Å². The smallest absolute Gasteiger partial charge is 0.205 e. The third-order valence-electron chi connectivity index (χ3n) is 1.73. The Hall–Kier alpha value is -0.780. The summed E-state index contributed by atoms with van der Waals surface area (Å²) in [6.45, 7) is 2.02. The number of hydrazine groups is 1. The average molecular weight is 233 g/mol. The van der Waals surface area contributed by atoms with Crippen molar-refractivity contribution in [2.24, 2.45) is 10.8 Å². The number of hydrogen-bond donors (Lipinski definition) is 3. The number of thiophene rings is 1. The van der Waals surface area contributed by atoms with Crippen LogP contribution in [0, 0.1) is 0 Å². The quantitative estimate of drug-likeness (QED) is 0.314. The van der Waals surface area contributed by atoms with Gasteiger partial charge in [0, 0.05) is 11.9 Å². The van der Waals surface area contributed by atoms with Gasteiger partial charge in [0.05, 0.1) is 10.4 Å². The Kier molecular flexibility index (Phi) is 4.19. The van der Waals surface area contributed by atoms with Crippen LogP contribution < -0.4 is 16.6 Å². The molecule has 0 bridgehead atoms. The summed E-state index contributed by atoms with van der Waals surface area (Å²) in [5, 5.41) is 3.11. The molecule has 0 fully saturated rings. The number of nitrogens with zero attached hydrogens (tertiary/aromatic N) is 1. The van der Waals surface area contributed by atoms with E-state index < -0.39 is 0 Å². The lowest BCUT2D eigenvalue weighted by atomic mass is 10.3. The Bertz CT molecular complexity index is 323. The van der Waals surface area contributed by atoms with Gasteiger partial charge in [-0.25, -0.2) is 5.84 Å². The molecule has 1 aromatic heterocycles. The molecule has 78 valence electrons. The first kappa shape index (κ1) is 11.3. The van der Waals surface area contributed by atoms with Gasteiger partial charge in [0.25, 0.3) is 0 Å². The fraction of sp³-hybridized carbons (Fsp3) is 0.375. The molecule has 1 unspecified atom stereocenters. The summed E-state index contributed by atoms with van der Waals surface area (Å²) in [6.07, 6.45) is 0. The zero-order chi connectivity index (χ0) is 10.6. The van der Waals surface area contributed by atoms with Crippen LogP contribution in [-0.4, -0.2) is 13.0 Å². The number of halogens is 1. The molecule has 1 atom stereocenters. The summed E-state index contributed by atoms with van der Waals surface area (Å²) in [5.41, 5.74) is 2.47. The van der Waals surface area contributed by atoms with Crippen molar-refractivity contribution in [1.29, 1.82) is 0 Å². The molecule has 0 aliphatic carbocycles. The predicted molar refractivity (Wildman–Crippen MR) is 61.6 cm³/mol. The van der Waals surface area contributed by atoms with Gasteiger partial charge < -0.3 is 5.32 Å². The van der Waals surface area contributed by atoms with E-state index in [4.69, 9.17) is 17.4 Å². The van der Waals surface area contributed by atoms with Crippen molar-refractivity contribution in [1.82, 2.24) is 10.7 Å². The van der Waals surface area contributed by atoms with Crippen LogP contribution in [0.15, 0.2) is 17.1 Å². The minimum Gasteiger partial charge on any atom is -0.348 e. The summed E-state index contributed by atoms with van der Waals surface area (Å²) in [5.74, 6) is 5.81. The van der Waals surface area contributed by atoms with E-state index in [-0.39, 0.29) is 6.04 Å². The fourth-order valence-electron chi connectivity index (χ4n) is 1.01. The largest absolute Gasteiger partial charge is 0.348 e. The molecule has 6 heteroatoms. The maximum atomic E-state index is 5.83. The monoisotopic (exact) mass is 232 g/mol. The minimum atomic E-state index is 0.141. The third-order valence-corrected chi connectivity index (χ3v) is 3.15. The molecule has 0 spiro atoms. The second-order valence-electron chi connectivity index (χ2n) is 2.72. The normalized spacial score (nSPS) is 13.9. The Morgan fingerprint density at radius 1 is 1.64 bits per heavy atom.